The molecule has 1 aromatic carbocycles. The van der Waals surface area contributed by atoms with Crippen LogP contribution in [0.5, 0.6) is 5.75 Å². The number of sulfonamides is 1. The van der Waals surface area contributed by atoms with Gasteiger partial charge in [-0.2, -0.15) is 0 Å². The van der Waals surface area contributed by atoms with E-state index >= 15 is 0 Å². The summed E-state index contributed by atoms with van der Waals surface area (Å²) >= 11 is 0. The van der Waals surface area contributed by atoms with Gasteiger partial charge in [0.15, 0.2) is 6.61 Å². The highest BCUT2D eigenvalue weighted by Crippen LogP contribution is 2.44. The summed E-state index contributed by atoms with van der Waals surface area (Å²) in [5.41, 5.74) is 0.867. The molecule has 1 N–H and O–H groups in total. The predicted molar refractivity (Wildman–Crippen MR) is 95.6 cm³/mol. The number of amides is 1. The molecular weight excluding hydrogens is 340 g/mol. The number of hydrogen-bond donors (Lipinski definition) is 1. The zero-order chi connectivity index (χ0) is 18.0. The number of nitrogens with one attached hydrogen (secondary N) is 1. The molecule has 0 heterocycles. The number of benzene rings is 1. The van der Waals surface area contributed by atoms with Crippen molar-refractivity contribution >= 4 is 15.9 Å². The molecule has 3 rings (SSSR count). The largest absolute Gasteiger partial charge is 0.484 e. The average molecular weight is 366 g/mol. The second kappa shape index (κ2) is 7.33. The smallest absolute Gasteiger partial charge is 0.258 e. The van der Waals surface area contributed by atoms with Gasteiger partial charge in [-0.3, -0.25) is 4.79 Å². The molecule has 6 nitrogen and oxygen atoms in total. The number of fused-ring (bicyclic) bond motifs is 2. The van der Waals surface area contributed by atoms with Crippen molar-refractivity contribution < 1.29 is 17.9 Å². The Hall–Kier alpha value is -1.60. The lowest BCUT2D eigenvalue weighted by molar-refractivity contribution is -0.124. The Morgan fingerprint density at radius 3 is 2.52 bits per heavy atom. The van der Waals surface area contributed by atoms with Crippen LogP contribution in [0.15, 0.2) is 24.3 Å². The molecule has 2 aliphatic carbocycles. The van der Waals surface area contributed by atoms with Gasteiger partial charge in [0.25, 0.3) is 5.91 Å². The molecule has 138 valence electrons. The maximum atomic E-state index is 12.1. The van der Waals surface area contributed by atoms with Gasteiger partial charge in [-0.15, -0.1) is 0 Å². The lowest BCUT2D eigenvalue weighted by Gasteiger charge is -2.22. The lowest BCUT2D eigenvalue weighted by Crippen LogP contribution is -2.40. The van der Waals surface area contributed by atoms with Crippen LogP contribution in [-0.4, -0.2) is 44.6 Å². The van der Waals surface area contributed by atoms with Crippen LogP contribution in [0.2, 0.25) is 0 Å². The maximum Gasteiger partial charge on any atom is 0.258 e. The third-order valence-corrected chi connectivity index (χ3v) is 6.61. The Balaban J connectivity index is 1.44. The molecule has 0 aliphatic heterocycles. The SMILES string of the molecule is CN(Cc1ccc(OCC(=O)N[C@H]2C[C@@H]3CC[C@@H]2C3)cc1)S(C)(=O)=O. The standard InChI is InChI=1S/C18H26N2O4S/c1-20(25(2,22)23)11-13-4-7-16(8-5-13)24-12-18(21)19-17-10-14-3-6-15(17)9-14/h4-5,7-8,14-15,17H,3,6,9-12H2,1-2H3,(H,19,21)/t14-,15-,17+/m1/s1. The van der Waals surface area contributed by atoms with Gasteiger partial charge in [0.2, 0.25) is 10.0 Å². The zero-order valence-corrected chi connectivity index (χ0v) is 15.6. The molecule has 0 aromatic heterocycles. The summed E-state index contributed by atoms with van der Waals surface area (Å²) in [7, 11) is -1.66. The van der Waals surface area contributed by atoms with Gasteiger partial charge < -0.3 is 10.1 Å². The van der Waals surface area contributed by atoms with Crippen LogP contribution in [-0.2, 0) is 21.4 Å². The molecular formula is C18H26N2O4S. The summed E-state index contributed by atoms with van der Waals surface area (Å²) in [6.45, 7) is 0.320. The molecule has 0 radical (unpaired) electrons. The van der Waals surface area contributed by atoms with Crippen molar-refractivity contribution in [1.82, 2.24) is 9.62 Å². The molecule has 0 unspecified atom stereocenters. The first-order valence-electron chi connectivity index (χ1n) is 8.73. The summed E-state index contributed by atoms with van der Waals surface area (Å²) in [6.07, 6.45) is 6.10. The molecule has 2 bridgehead atoms. The van der Waals surface area contributed by atoms with Crippen molar-refractivity contribution in [2.45, 2.75) is 38.3 Å². The van der Waals surface area contributed by atoms with Crippen LogP contribution in [0.4, 0.5) is 0 Å². The molecule has 2 aliphatic rings. The minimum atomic E-state index is -3.20. The number of ether oxygens (including phenoxy) is 1. The monoisotopic (exact) mass is 366 g/mol. The molecule has 0 spiro atoms. The van der Waals surface area contributed by atoms with Crippen LogP contribution in [0.25, 0.3) is 0 Å². The fourth-order valence-corrected chi connectivity index (χ4v) is 4.27. The van der Waals surface area contributed by atoms with E-state index < -0.39 is 10.0 Å². The molecule has 25 heavy (non-hydrogen) atoms. The highest BCUT2D eigenvalue weighted by atomic mass is 32.2. The summed E-state index contributed by atoms with van der Waals surface area (Å²) in [5, 5.41) is 3.10. The van der Waals surface area contributed by atoms with E-state index in [1.807, 2.05) is 12.1 Å². The predicted octanol–water partition coefficient (Wildman–Crippen LogP) is 1.76. The van der Waals surface area contributed by atoms with Gasteiger partial charge in [-0.05, 0) is 48.8 Å². The van der Waals surface area contributed by atoms with Crippen molar-refractivity contribution in [3.8, 4) is 5.75 Å². The van der Waals surface area contributed by atoms with E-state index in [1.54, 1.807) is 19.2 Å². The minimum Gasteiger partial charge on any atom is -0.484 e. The molecule has 1 amide bonds. The molecule has 7 heteroatoms. The van der Waals surface area contributed by atoms with Crippen LogP contribution < -0.4 is 10.1 Å². The fraction of sp³-hybridized carbons (Fsp3) is 0.611. The van der Waals surface area contributed by atoms with Crippen LogP contribution in [0.1, 0.15) is 31.2 Å². The van der Waals surface area contributed by atoms with Gasteiger partial charge in [0, 0.05) is 19.6 Å². The topological polar surface area (TPSA) is 75.7 Å². The maximum absolute atomic E-state index is 12.1. The summed E-state index contributed by atoms with van der Waals surface area (Å²) in [4.78, 5) is 12.1. The number of carbonyl (C=O) groups excluding carboxylic acids is 1. The van der Waals surface area contributed by atoms with Crippen molar-refractivity contribution in [3.05, 3.63) is 29.8 Å². The van der Waals surface area contributed by atoms with Crippen LogP contribution in [0, 0.1) is 11.8 Å². The highest BCUT2D eigenvalue weighted by molar-refractivity contribution is 7.88. The van der Waals surface area contributed by atoms with E-state index in [0.29, 0.717) is 24.3 Å². The van der Waals surface area contributed by atoms with Gasteiger partial charge in [-0.25, -0.2) is 12.7 Å². The fourth-order valence-electron chi connectivity index (χ4n) is 3.88. The zero-order valence-electron chi connectivity index (χ0n) is 14.8. The van der Waals surface area contributed by atoms with Crippen molar-refractivity contribution in [3.63, 3.8) is 0 Å². The van der Waals surface area contributed by atoms with Gasteiger partial charge in [0.1, 0.15) is 5.75 Å². The quantitative estimate of drug-likeness (QED) is 0.798. The molecule has 1 aromatic rings. The Labute approximate surface area is 149 Å². The first-order chi connectivity index (χ1) is 11.8. The van der Waals surface area contributed by atoms with Crippen molar-refractivity contribution in [2.24, 2.45) is 11.8 Å². The first-order valence-corrected chi connectivity index (χ1v) is 10.6. The minimum absolute atomic E-state index is 0.0104. The van der Waals surface area contributed by atoms with Crippen molar-refractivity contribution in [2.75, 3.05) is 19.9 Å². The van der Waals surface area contributed by atoms with Gasteiger partial charge in [-0.1, -0.05) is 18.6 Å². The number of rotatable bonds is 7. The average Bonchev–Trinajstić information content (AvgIpc) is 3.16. The Morgan fingerprint density at radius 2 is 1.96 bits per heavy atom. The molecule has 3 atom stereocenters. The summed E-state index contributed by atoms with van der Waals surface area (Å²) < 4.78 is 29.7. The third kappa shape index (κ3) is 4.73. The second-order valence-electron chi connectivity index (χ2n) is 7.30. The highest BCUT2D eigenvalue weighted by Gasteiger charge is 2.40. The second-order valence-corrected chi connectivity index (χ2v) is 9.39. The van der Waals surface area contributed by atoms with Crippen LogP contribution in [0.3, 0.4) is 0 Å². The third-order valence-electron chi connectivity index (χ3n) is 5.35. The number of nitrogens with zero attached hydrogens (tertiary/aromatic N) is 1. The number of hydrogen-bond acceptors (Lipinski definition) is 4. The van der Waals surface area contributed by atoms with E-state index in [-0.39, 0.29) is 12.5 Å². The Morgan fingerprint density at radius 1 is 1.24 bits per heavy atom. The van der Waals surface area contributed by atoms with Gasteiger partial charge in [0.05, 0.1) is 6.26 Å². The number of carbonyl (C=O) groups is 1. The van der Waals surface area contributed by atoms with Gasteiger partial charge >= 0.3 is 0 Å². The summed E-state index contributed by atoms with van der Waals surface area (Å²) in [5.74, 6) is 1.99. The first kappa shape index (κ1) is 18.2. The van der Waals surface area contributed by atoms with Crippen molar-refractivity contribution in [1.29, 1.82) is 0 Å². The van der Waals surface area contributed by atoms with E-state index in [9.17, 15) is 13.2 Å². The van der Waals surface area contributed by atoms with Crippen LogP contribution >= 0.6 is 0 Å². The van der Waals surface area contributed by atoms with E-state index in [2.05, 4.69) is 5.32 Å². The molecule has 2 fully saturated rings. The Kier molecular flexibility index (Phi) is 5.34. The van der Waals surface area contributed by atoms with E-state index in [0.717, 1.165) is 17.9 Å². The van der Waals surface area contributed by atoms with E-state index in [4.69, 9.17) is 4.74 Å². The summed E-state index contributed by atoms with van der Waals surface area (Å²) in [6, 6.07) is 7.46. The Bertz CT molecular complexity index is 717. The normalized spacial score (nSPS) is 25.3. The molecule has 2 saturated carbocycles. The lowest BCUT2D eigenvalue weighted by atomic mass is 9.95. The molecule has 0 saturated heterocycles. The van der Waals surface area contributed by atoms with E-state index in [1.165, 1.54) is 29.8 Å².